The first-order chi connectivity index (χ1) is 18.1. The lowest BCUT2D eigenvalue weighted by atomic mass is 9.79. The smallest absolute Gasteiger partial charge is 0.166 e. The van der Waals surface area contributed by atoms with Crippen molar-refractivity contribution in [1.29, 1.82) is 0 Å². The van der Waals surface area contributed by atoms with E-state index in [1.807, 2.05) is 26.0 Å². The van der Waals surface area contributed by atoms with Crippen LogP contribution in [0.3, 0.4) is 0 Å². The highest BCUT2D eigenvalue weighted by atomic mass is 35.5. The first kappa shape index (κ1) is 27.6. The lowest BCUT2D eigenvalue weighted by molar-refractivity contribution is 0.350. The molecule has 9 heteroatoms. The van der Waals surface area contributed by atoms with Crippen molar-refractivity contribution >= 4 is 23.4 Å². The number of rotatable bonds is 7. The SMILES string of the molecule is COc1cc(C(C)(C)c2[nH]c(SCc3c(F)cc(C#CCO)cc3F)nc2-c2ccc(F)cc2)ccc1Cl. The van der Waals surface area contributed by atoms with E-state index in [9.17, 15) is 13.2 Å². The minimum absolute atomic E-state index is 0.0314. The van der Waals surface area contributed by atoms with Crippen LogP contribution < -0.4 is 4.74 Å². The summed E-state index contributed by atoms with van der Waals surface area (Å²) >= 11 is 7.37. The van der Waals surface area contributed by atoms with Crippen LogP contribution in [0.1, 0.15) is 36.2 Å². The van der Waals surface area contributed by atoms with E-state index in [0.29, 0.717) is 27.2 Å². The molecule has 0 bridgehead atoms. The van der Waals surface area contributed by atoms with Crippen molar-refractivity contribution in [2.45, 2.75) is 30.2 Å². The number of nitrogens with zero attached hydrogens (tertiary/aromatic N) is 1. The number of H-pyrrole nitrogens is 1. The molecule has 0 aliphatic heterocycles. The number of methoxy groups -OCH3 is 1. The maximum atomic E-state index is 14.7. The van der Waals surface area contributed by atoms with Gasteiger partial charge in [0.05, 0.1) is 23.5 Å². The van der Waals surface area contributed by atoms with E-state index in [4.69, 9.17) is 26.4 Å². The van der Waals surface area contributed by atoms with Crippen LogP contribution in [0.4, 0.5) is 13.2 Å². The number of hydrogen-bond donors (Lipinski definition) is 2. The van der Waals surface area contributed by atoms with Gasteiger partial charge in [0.15, 0.2) is 5.16 Å². The Balaban J connectivity index is 1.72. The molecule has 0 amide bonds. The van der Waals surface area contributed by atoms with Crippen molar-refractivity contribution in [2.75, 3.05) is 13.7 Å². The van der Waals surface area contributed by atoms with Gasteiger partial charge in [0.1, 0.15) is 29.8 Å². The molecule has 0 saturated heterocycles. The van der Waals surface area contributed by atoms with Crippen LogP contribution in [-0.2, 0) is 11.2 Å². The molecule has 0 spiro atoms. The molecule has 0 saturated carbocycles. The zero-order chi connectivity index (χ0) is 27.4. The summed E-state index contributed by atoms with van der Waals surface area (Å²) in [6.45, 7) is 3.59. The molecule has 0 radical (unpaired) electrons. The standard InChI is InChI=1S/C29H24ClF3N2O2S/c1-29(2,19-8-11-22(30)25(15-19)37-3)27-26(18-6-9-20(31)10-7-18)34-28(35-27)38-16-21-23(32)13-17(5-4-12-36)14-24(21)33/h6-11,13-15,36H,12,16H2,1-3H3,(H,34,35). The Morgan fingerprint density at radius 2 is 1.74 bits per heavy atom. The van der Waals surface area contributed by atoms with Gasteiger partial charge < -0.3 is 14.8 Å². The fourth-order valence-electron chi connectivity index (χ4n) is 3.98. The van der Waals surface area contributed by atoms with Crippen LogP contribution in [0.2, 0.25) is 5.02 Å². The monoisotopic (exact) mass is 556 g/mol. The van der Waals surface area contributed by atoms with E-state index >= 15 is 0 Å². The average molecular weight is 557 g/mol. The number of thioether (sulfide) groups is 1. The molecule has 196 valence electrons. The zero-order valence-corrected chi connectivity index (χ0v) is 22.4. The van der Waals surface area contributed by atoms with Gasteiger partial charge in [-0.2, -0.15) is 0 Å². The van der Waals surface area contributed by atoms with Crippen molar-refractivity contribution in [1.82, 2.24) is 9.97 Å². The van der Waals surface area contributed by atoms with Crippen molar-refractivity contribution in [3.8, 4) is 28.8 Å². The van der Waals surface area contributed by atoms with Gasteiger partial charge in [0.25, 0.3) is 0 Å². The molecule has 4 nitrogen and oxygen atoms in total. The van der Waals surface area contributed by atoms with E-state index in [0.717, 1.165) is 35.2 Å². The van der Waals surface area contributed by atoms with Crippen LogP contribution in [-0.4, -0.2) is 28.8 Å². The Labute approximate surface area is 228 Å². The number of nitrogens with one attached hydrogen (secondary N) is 1. The minimum Gasteiger partial charge on any atom is -0.495 e. The van der Waals surface area contributed by atoms with Gasteiger partial charge in [-0.3, -0.25) is 0 Å². The van der Waals surface area contributed by atoms with E-state index in [1.165, 1.54) is 19.2 Å². The summed E-state index contributed by atoms with van der Waals surface area (Å²) in [5.74, 6) is 3.52. The second kappa shape index (κ2) is 11.6. The van der Waals surface area contributed by atoms with Gasteiger partial charge in [0, 0.05) is 27.9 Å². The number of aliphatic hydroxyl groups is 1. The van der Waals surface area contributed by atoms with Crippen LogP contribution in [0.5, 0.6) is 5.75 Å². The van der Waals surface area contributed by atoms with Crippen LogP contribution in [0.15, 0.2) is 59.8 Å². The second-order valence-corrected chi connectivity index (χ2v) is 10.3. The Hall–Kier alpha value is -3.38. The molecule has 4 rings (SSSR count). The lowest BCUT2D eigenvalue weighted by Crippen LogP contribution is -2.20. The summed E-state index contributed by atoms with van der Waals surface area (Å²) in [6, 6.07) is 13.7. The molecular formula is C29H24ClF3N2O2S. The Morgan fingerprint density at radius 3 is 2.37 bits per heavy atom. The highest BCUT2D eigenvalue weighted by Crippen LogP contribution is 2.40. The predicted octanol–water partition coefficient (Wildman–Crippen LogP) is 7.12. The van der Waals surface area contributed by atoms with Gasteiger partial charge in [-0.1, -0.05) is 55.1 Å². The number of halogens is 4. The summed E-state index contributed by atoms with van der Waals surface area (Å²) in [6.07, 6.45) is 0. The highest BCUT2D eigenvalue weighted by Gasteiger charge is 2.31. The fraction of sp³-hybridized carbons (Fsp3) is 0.207. The van der Waals surface area contributed by atoms with E-state index in [2.05, 4.69) is 16.8 Å². The second-order valence-electron chi connectivity index (χ2n) is 8.91. The number of imidazole rings is 1. The summed E-state index contributed by atoms with van der Waals surface area (Å²) in [5.41, 5.74) is 2.28. The topological polar surface area (TPSA) is 58.1 Å². The van der Waals surface area contributed by atoms with E-state index in [-0.39, 0.29) is 22.7 Å². The summed E-state index contributed by atoms with van der Waals surface area (Å²) in [7, 11) is 1.54. The molecule has 0 aliphatic carbocycles. The number of aliphatic hydroxyl groups excluding tert-OH is 1. The summed E-state index contributed by atoms with van der Waals surface area (Å²) in [5, 5.41) is 9.73. The third kappa shape index (κ3) is 5.86. The number of ether oxygens (including phenoxy) is 1. The molecule has 38 heavy (non-hydrogen) atoms. The molecule has 4 aromatic rings. The van der Waals surface area contributed by atoms with Crippen LogP contribution >= 0.6 is 23.4 Å². The molecule has 3 aromatic carbocycles. The molecule has 0 aliphatic rings. The van der Waals surface area contributed by atoms with E-state index < -0.39 is 23.7 Å². The van der Waals surface area contributed by atoms with Gasteiger partial charge in [-0.05, 0) is 54.1 Å². The first-order valence-corrected chi connectivity index (χ1v) is 12.9. The Morgan fingerprint density at radius 1 is 1.05 bits per heavy atom. The van der Waals surface area contributed by atoms with Crippen molar-refractivity contribution in [3.05, 3.63) is 99.5 Å². The number of aromatic amines is 1. The molecule has 0 atom stereocenters. The van der Waals surface area contributed by atoms with Gasteiger partial charge in [0.2, 0.25) is 0 Å². The summed E-state index contributed by atoms with van der Waals surface area (Å²) < 4.78 is 48.4. The third-order valence-corrected chi connectivity index (χ3v) is 7.32. The minimum atomic E-state index is -0.737. The normalized spacial score (nSPS) is 11.3. The van der Waals surface area contributed by atoms with Gasteiger partial charge in [-0.15, -0.1) is 0 Å². The van der Waals surface area contributed by atoms with Crippen molar-refractivity contribution < 1.29 is 23.0 Å². The van der Waals surface area contributed by atoms with Gasteiger partial charge in [-0.25, -0.2) is 18.2 Å². The van der Waals surface area contributed by atoms with E-state index in [1.54, 1.807) is 18.2 Å². The van der Waals surface area contributed by atoms with Crippen molar-refractivity contribution in [2.24, 2.45) is 0 Å². The number of benzene rings is 3. The predicted molar refractivity (Wildman–Crippen MR) is 144 cm³/mol. The zero-order valence-electron chi connectivity index (χ0n) is 20.8. The maximum Gasteiger partial charge on any atom is 0.166 e. The van der Waals surface area contributed by atoms with Crippen LogP contribution in [0.25, 0.3) is 11.3 Å². The molecule has 1 aromatic heterocycles. The molecular weight excluding hydrogens is 533 g/mol. The number of hydrogen-bond acceptors (Lipinski definition) is 4. The Bertz CT molecular complexity index is 1500. The molecule has 0 fully saturated rings. The van der Waals surface area contributed by atoms with Gasteiger partial charge >= 0.3 is 0 Å². The molecule has 1 heterocycles. The highest BCUT2D eigenvalue weighted by molar-refractivity contribution is 7.98. The fourth-order valence-corrected chi connectivity index (χ4v) is 5.06. The molecule has 0 unspecified atom stereocenters. The first-order valence-electron chi connectivity index (χ1n) is 11.5. The molecule has 2 N–H and O–H groups in total. The van der Waals surface area contributed by atoms with Crippen molar-refractivity contribution in [3.63, 3.8) is 0 Å². The Kier molecular flexibility index (Phi) is 8.41. The average Bonchev–Trinajstić information content (AvgIpc) is 3.32. The van der Waals surface area contributed by atoms with Crippen LogP contribution in [0, 0.1) is 29.3 Å². The lowest BCUT2D eigenvalue weighted by Gasteiger charge is -2.26. The largest absolute Gasteiger partial charge is 0.495 e. The summed E-state index contributed by atoms with van der Waals surface area (Å²) in [4.78, 5) is 8.05. The maximum absolute atomic E-state index is 14.7. The number of aromatic nitrogens is 2. The quantitative estimate of drug-likeness (QED) is 0.188. The third-order valence-electron chi connectivity index (χ3n) is 6.10.